The van der Waals surface area contributed by atoms with Crippen molar-refractivity contribution < 1.29 is 4.42 Å². The molecule has 0 unspecified atom stereocenters. The van der Waals surface area contributed by atoms with Gasteiger partial charge in [0.05, 0.1) is 0 Å². The first-order valence-corrected chi connectivity index (χ1v) is 18.5. The highest BCUT2D eigenvalue weighted by Crippen LogP contribution is 2.40. The van der Waals surface area contributed by atoms with E-state index in [1.165, 1.54) is 27.3 Å². The molecule has 0 bridgehead atoms. The molecule has 0 spiro atoms. The molecule has 9 aromatic carbocycles. The molecular weight excluding hydrogens is 671 g/mol. The number of nitrogens with zero attached hydrogens (tertiary/aromatic N) is 3. The summed E-state index contributed by atoms with van der Waals surface area (Å²) in [5.74, 6) is 1.81. The molecule has 0 fully saturated rings. The van der Waals surface area contributed by atoms with E-state index in [4.69, 9.17) is 19.4 Å². The van der Waals surface area contributed by atoms with Crippen LogP contribution in [0.1, 0.15) is 0 Å². The highest BCUT2D eigenvalue weighted by atomic mass is 16.3. The number of para-hydroxylation sites is 1. The van der Waals surface area contributed by atoms with Gasteiger partial charge < -0.3 is 4.42 Å². The maximum Gasteiger partial charge on any atom is 0.164 e. The second-order valence-electron chi connectivity index (χ2n) is 14.0. The Morgan fingerprint density at radius 3 is 1.55 bits per heavy atom. The number of furan rings is 1. The summed E-state index contributed by atoms with van der Waals surface area (Å²) < 4.78 is 6.51. The highest BCUT2D eigenvalue weighted by Gasteiger charge is 2.20. The Bertz CT molecular complexity index is 3260. The van der Waals surface area contributed by atoms with Gasteiger partial charge in [-0.2, -0.15) is 0 Å². The van der Waals surface area contributed by atoms with E-state index in [-0.39, 0.29) is 0 Å². The summed E-state index contributed by atoms with van der Waals surface area (Å²) in [6, 6.07) is 65.9. The van der Waals surface area contributed by atoms with Crippen molar-refractivity contribution in [2.24, 2.45) is 0 Å². The zero-order valence-corrected chi connectivity index (χ0v) is 29.6. The second kappa shape index (κ2) is 12.6. The van der Waals surface area contributed by atoms with Crippen LogP contribution in [-0.4, -0.2) is 15.0 Å². The molecule has 0 saturated heterocycles. The van der Waals surface area contributed by atoms with Gasteiger partial charge >= 0.3 is 0 Å². The number of fused-ring (bicyclic) bond motifs is 7. The van der Waals surface area contributed by atoms with Gasteiger partial charge in [-0.3, -0.25) is 0 Å². The van der Waals surface area contributed by atoms with E-state index >= 15 is 0 Å². The Balaban J connectivity index is 1.18. The molecule has 0 atom stereocenters. The number of hydrogen-bond donors (Lipinski definition) is 0. The van der Waals surface area contributed by atoms with Crippen molar-refractivity contribution in [1.29, 1.82) is 0 Å². The second-order valence-corrected chi connectivity index (χ2v) is 14.0. The quantitative estimate of drug-likeness (QED) is 0.168. The third kappa shape index (κ3) is 5.43. The van der Waals surface area contributed by atoms with Gasteiger partial charge in [0.25, 0.3) is 0 Å². The van der Waals surface area contributed by atoms with E-state index < -0.39 is 0 Å². The molecule has 0 saturated carbocycles. The third-order valence-corrected chi connectivity index (χ3v) is 10.7. The molecule has 2 heterocycles. The number of hydrogen-bond acceptors (Lipinski definition) is 4. The van der Waals surface area contributed by atoms with Crippen molar-refractivity contribution in [2.45, 2.75) is 0 Å². The van der Waals surface area contributed by atoms with Gasteiger partial charge in [0.2, 0.25) is 0 Å². The largest absolute Gasteiger partial charge is 0.456 e. The first-order chi connectivity index (χ1) is 27.2. The van der Waals surface area contributed by atoms with E-state index in [1.807, 2.05) is 24.3 Å². The average molecular weight is 702 g/mol. The normalized spacial score (nSPS) is 11.6. The van der Waals surface area contributed by atoms with Crippen molar-refractivity contribution in [1.82, 2.24) is 15.0 Å². The minimum absolute atomic E-state index is 0.590. The fourth-order valence-electron chi connectivity index (χ4n) is 7.91. The molecule has 0 aliphatic heterocycles. The van der Waals surface area contributed by atoms with Crippen LogP contribution in [0.15, 0.2) is 192 Å². The first kappa shape index (κ1) is 31.1. The summed E-state index contributed by atoms with van der Waals surface area (Å²) in [6.45, 7) is 0. The molecule has 11 aromatic rings. The summed E-state index contributed by atoms with van der Waals surface area (Å²) in [4.78, 5) is 15.8. The van der Waals surface area contributed by atoms with Crippen LogP contribution in [0.25, 0.3) is 111 Å². The minimum atomic E-state index is 0.590. The van der Waals surface area contributed by atoms with E-state index in [2.05, 4.69) is 164 Å². The molecule has 11 rings (SSSR count). The number of benzene rings is 9. The molecule has 256 valence electrons. The first-order valence-electron chi connectivity index (χ1n) is 18.5. The van der Waals surface area contributed by atoms with Gasteiger partial charge in [-0.05, 0) is 91.0 Å². The van der Waals surface area contributed by atoms with Gasteiger partial charge in [0.1, 0.15) is 11.2 Å². The van der Waals surface area contributed by atoms with Crippen LogP contribution in [0.5, 0.6) is 0 Å². The number of rotatable bonds is 5. The average Bonchev–Trinajstić information content (AvgIpc) is 3.64. The third-order valence-electron chi connectivity index (χ3n) is 10.7. The lowest BCUT2D eigenvalue weighted by Crippen LogP contribution is -2.01. The van der Waals surface area contributed by atoms with Gasteiger partial charge in [0, 0.05) is 27.5 Å². The summed E-state index contributed by atoms with van der Waals surface area (Å²) in [6.07, 6.45) is 0. The Hall–Kier alpha value is -7.43. The van der Waals surface area contributed by atoms with Crippen LogP contribution in [0, 0.1) is 0 Å². The summed E-state index contributed by atoms with van der Waals surface area (Å²) >= 11 is 0. The molecule has 0 N–H and O–H groups in total. The predicted octanol–water partition coefficient (Wildman–Crippen LogP) is 13.6. The molecule has 0 radical (unpaired) electrons. The van der Waals surface area contributed by atoms with Crippen molar-refractivity contribution in [2.75, 3.05) is 0 Å². The van der Waals surface area contributed by atoms with Crippen LogP contribution < -0.4 is 0 Å². The lowest BCUT2D eigenvalue weighted by Gasteiger charge is -2.12. The highest BCUT2D eigenvalue weighted by molar-refractivity contribution is 6.13. The van der Waals surface area contributed by atoms with Gasteiger partial charge in [-0.25, -0.2) is 15.0 Å². The standard InChI is InChI=1S/C51H31N3O/c1-3-11-32(12-4-1)38-24-22-35-20-21-36-23-26-40(29-44(36)43(35)28-38)50-52-49(39-25-19-34-15-7-8-16-37(34)27-39)53-51(54-50)45-30-41(33-13-5-2-6-14-33)31-47-48(45)42-17-9-10-18-46(42)55-47/h1-31H. The van der Waals surface area contributed by atoms with Crippen molar-refractivity contribution in [3.05, 3.63) is 188 Å². The lowest BCUT2D eigenvalue weighted by molar-refractivity contribution is 0.669. The molecule has 0 amide bonds. The Kier molecular flexibility index (Phi) is 7.14. The summed E-state index contributed by atoms with van der Waals surface area (Å²) in [7, 11) is 0. The topological polar surface area (TPSA) is 51.8 Å². The van der Waals surface area contributed by atoms with Crippen molar-refractivity contribution >= 4 is 54.3 Å². The van der Waals surface area contributed by atoms with Crippen molar-refractivity contribution in [3.63, 3.8) is 0 Å². The number of aromatic nitrogens is 3. The van der Waals surface area contributed by atoms with E-state index in [0.29, 0.717) is 17.5 Å². The zero-order chi connectivity index (χ0) is 36.3. The van der Waals surface area contributed by atoms with Crippen LogP contribution in [-0.2, 0) is 0 Å². The van der Waals surface area contributed by atoms with Crippen LogP contribution in [0.2, 0.25) is 0 Å². The fourth-order valence-corrected chi connectivity index (χ4v) is 7.91. The van der Waals surface area contributed by atoms with Gasteiger partial charge in [0.15, 0.2) is 17.5 Å². The fraction of sp³-hybridized carbons (Fsp3) is 0. The van der Waals surface area contributed by atoms with E-state index in [0.717, 1.165) is 65.9 Å². The maximum atomic E-state index is 6.51. The summed E-state index contributed by atoms with van der Waals surface area (Å²) in [5, 5.41) is 8.98. The molecule has 55 heavy (non-hydrogen) atoms. The molecule has 2 aromatic heterocycles. The molecule has 4 nitrogen and oxygen atoms in total. The van der Waals surface area contributed by atoms with E-state index in [9.17, 15) is 0 Å². The monoisotopic (exact) mass is 701 g/mol. The van der Waals surface area contributed by atoms with E-state index in [1.54, 1.807) is 0 Å². The molecular formula is C51H31N3O. The van der Waals surface area contributed by atoms with Crippen LogP contribution in [0.3, 0.4) is 0 Å². The zero-order valence-electron chi connectivity index (χ0n) is 29.6. The van der Waals surface area contributed by atoms with Gasteiger partial charge in [-0.15, -0.1) is 0 Å². The van der Waals surface area contributed by atoms with Crippen LogP contribution in [0.4, 0.5) is 0 Å². The van der Waals surface area contributed by atoms with Crippen molar-refractivity contribution in [3.8, 4) is 56.4 Å². The lowest BCUT2D eigenvalue weighted by atomic mass is 9.96. The Morgan fingerprint density at radius 1 is 0.291 bits per heavy atom. The molecule has 0 aliphatic rings. The Labute approximate surface area is 317 Å². The van der Waals surface area contributed by atoms with Crippen LogP contribution >= 0.6 is 0 Å². The Morgan fingerprint density at radius 2 is 0.818 bits per heavy atom. The maximum absolute atomic E-state index is 6.51. The SMILES string of the molecule is c1ccc(-c2cc(-c3nc(-c4ccc5ccccc5c4)nc(-c4ccc5ccc6ccc(-c7ccccc7)cc6c5c4)n3)c3c(c2)oc2ccccc23)cc1. The predicted molar refractivity (Wildman–Crippen MR) is 227 cm³/mol. The minimum Gasteiger partial charge on any atom is -0.456 e. The van der Waals surface area contributed by atoms with Gasteiger partial charge in [-0.1, -0.05) is 152 Å². The molecule has 0 aliphatic carbocycles. The summed E-state index contributed by atoms with van der Waals surface area (Å²) in [5.41, 5.74) is 8.85. The molecule has 4 heteroatoms. The smallest absolute Gasteiger partial charge is 0.164 e.